The summed E-state index contributed by atoms with van der Waals surface area (Å²) in [6.07, 6.45) is -1.80. The van der Waals surface area contributed by atoms with Crippen molar-refractivity contribution >= 4 is 28.5 Å². The van der Waals surface area contributed by atoms with Crippen LogP contribution in [0.5, 0.6) is 0 Å². The van der Waals surface area contributed by atoms with E-state index in [1.807, 2.05) is 0 Å². The van der Waals surface area contributed by atoms with Crippen LogP contribution in [0.3, 0.4) is 0 Å². The Kier molecular flexibility index (Phi) is 6.93. The predicted molar refractivity (Wildman–Crippen MR) is 106 cm³/mol. The zero-order valence-electron chi connectivity index (χ0n) is 16.4. The smallest absolute Gasteiger partial charge is 0.379 e. The maximum absolute atomic E-state index is 12.6. The molecule has 0 saturated carbocycles. The molecule has 0 unspecified atom stereocenters. The Morgan fingerprint density at radius 2 is 2.09 bits per heavy atom. The topological polar surface area (TPSA) is 115 Å². The standard InChI is InChI=1S/C18H17F5N6O2S/c1-17(5-10(8-31-15(19)20)32-16(24)29-17)12-4-9(2-3-25-12)28-14(30)11-6-27-13(7-26-11)18(21,22)23/h2-4,6-7,10,15H,5,8H2,1H3,(H2,24,29)(H,25,28,30)/t10-,17-/m0/s1. The number of carbonyl (C=O) groups is 1. The van der Waals surface area contributed by atoms with Gasteiger partial charge in [0.2, 0.25) is 0 Å². The number of ether oxygens (including phenoxy) is 1. The van der Waals surface area contributed by atoms with Crippen LogP contribution in [0, 0.1) is 0 Å². The molecule has 0 aromatic carbocycles. The molecular weight excluding hydrogens is 459 g/mol. The number of anilines is 1. The molecule has 0 fully saturated rings. The minimum Gasteiger partial charge on any atom is -0.379 e. The first-order valence-corrected chi connectivity index (χ1v) is 9.93. The monoisotopic (exact) mass is 476 g/mol. The zero-order chi connectivity index (χ0) is 23.5. The largest absolute Gasteiger partial charge is 0.434 e. The minimum absolute atomic E-state index is 0.179. The van der Waals surface area contributed by atoms with E-state index in [2.05, 4.69) is 30.0 Å². The van der Waals surface area contributed by atoms with Gasteiger partial charge in [0.1, 0.15) is 11.2 Å². The molecule has 3 rings (SSSR count). The van der Waals surface area contributed by atoms with Gasteiger partial charge in [-0.1, -0.05) is 11.8 Å². The van der Waals surface area contributed by atoms with Crippen LogP contribution in [0.15, 0.2) is 35.7 Å². The van der Waals surface area contributed by atoms with Gasteiger partial charge in [0.15, 0.2) is 10.9 Å². The van der Waals surface area contributed by atoms with Crippen LogP contribution in [-0.2, 0) is 16.5 Å². The van der Waals surface area contributed by atoms with Gasteiger partial charge in [-0.05, 0) is 25.5 Å². The first-order chi connectivity index (χ1) is 15.0. The highest BCUT2D eigenvalue weighted by molar-refractivity contribution is 8.14. The van der Waals surface area contributed by atoms with E-state index < -0.39 is 35.2 Å². The molecular formula is C18H17F5N6O2S. The first kappa shape index (κ1) is 23.8. The lowest BCUT2D eigenvalue weighted by Gasteiger charge is -2.33. The second kappa shape index (κ2) is 9.32. The zero-order valence-corrected chi connectivity index (χ0v) is 17.3. The molecule has 2 aromatic heterocycles. The van der Waals surface area contributed by atoms with Gasteiger partial charge in [-0.2, -0.15) is 22.0 Å². The number of nitrogens with two attached hydrogens (primary N) is 1. The molecule has 14 heteroatoms. The van der Waals surface area contributed by atoms with Gasteiger partial charge in [0.25, 0.3) is 5.91 Å². The van der Waals surface area contributed by atoms with Crippen molar-refractivity contribution in [3.05, 3.63) is 47.8 Å². The van der Waals surface area contributed by atoms with Crippen LogP contribution < -0.4 is 11.1 Å². The maximum Gasteiger partial charge on any atom is 0.434 e. The molecule has 0 spiro atoms. The quantitative estimate of drug-likeness (QED) is 0.614. The number of amidine groups is 1. The summed E-state index contributed by atoms with van der Waals surface area (Å²) in [6.45, 7) is -1.44. The number of nitrogens with zero attached hydrogens (tertiary/aromatic N) is 4. The van der Waals surface area contributed by atoms with Gasteiger partial charge in [-0.25, -0.2) is 15.0 Å². The molecule has 1 aliphatic rings. The number of amides is 1. The van der Waals surface area contributed by atoms with Crippen LogP contribution in [0.1, 0.15) is 35.2 Å². The summed E-state index contributed by atoms with van der Waals surface area (Å²) in [5, 5.41) is 2.29. The number of aromatic nitrogens is 3. The normalized spacial score (nSPS) is 21.3. The van der Waals surface area contributed by atoms with Crippen LogP contribution in [0.4, 0.5) is 27.6 Å². The second-order valence-electron chi connectivity index (χ2n) is 6.93. The van der Waals surface area contributed by atoms with Crippen molar-refractivity contribution in [1.82, 2.24) is 15.0 Å². The van der Waals surface area contributed by atoms with Gasteiger partial charge in [-0.15, -0.1) is 0 Å². The molecule has 1 aliphatic heterocycles. The molecule has 2 aromatic rings. The third-order valence-corrected chi connectivity index (χ3v) is 5.39. The van der Waals surface area contributed by atoms with E-state index in [0.29, 0.717) is 18.3 Å². The summed E-state index contributed by atoms with van der Waals surface area (Å²) < 4.78 is 66.9. The summed E-state index contributed by atoms with van der Waals surface area (Å²) >= 11 is 1.12. The lowest BCUT2D eigenvalue weighted by Crippen LogP contribution is -2.36. The Morgan fingerprint density at radius 1 is 1.34 bits per heavy atom. The van der Waals surface area contributed by atoms with Crippen molar-refractivity contribution in [2.45, 2.75) is 36.9 Å². The van der Waals surface area contributed by atoms with Crippen molar-refractivity contribution in [2.24, 2.45) is 10.7 Å². The van der Waals surface area contributed by atoms with E-state index in [-0.39, 0.29) is 23.2 Å². The van der Waals surface area contributed by atoms with Gasteiger partial charge in [-0.3, -0.25) is 9.78 Å². The third-order valence-electron chi connectivity index (χ3n) is 4.42. The van der Waals surface area contributed by atoms with Crippen molar-refractivity contribution in [3.63, 3.8) is 0 Å². The predicted octanol–water partition coefficient (Wildman–Crippen LogP) is 3.42. The van der Waals surface area contributed by atoms with Crippen molar-refractivity contribution in [2.75, 3.05) is 11.9 Å². The summed E-state index contributed by atoms with van der Waals surface area (Å²) in [5.74, 6) is -0.779. The number of pyridine rings is 1. The summed E-state index contributed by atoms with van der Waals surface area (Å²) in [4.78, 5) is 27.7. The summed E-state index contributed by atoms with van der Waals surface area (Å²) in [7, 11) is 0. The number of alkyl halides is 5. The minimum atomic E-state index is -4.67. The number of nitrogens with one attached hydrogen (secondary N) is 1. The Morgan fingerprint density at radius 3 is 2.72 bits per heavy atom. The second-order valence-corrected chi connectivity index (χ2v) is 8.25. The summed E-state index contributed by atoms with van der Waals surface area (Å²) in [6, 6.07) is 2.97. The highest BCUT2D eigenvalue weighted by atomic mass is 32.2. The van der Waals surface area contributed by atoms with Crippen molar-refractivity contribution in [3.8, 4) is 0 Å². The molecule has 3 N–H and O–H groups in total. The van der Waals surface area contributed by atoms with E-state index >= 15 is 0 Å². The number of halogens is 5. The number of hydrogen-bond donors (Lipinski definition) is 2. The molecule has 3 heterocycles. The van der Waals surface area contributed by atoms with Crippen LogP contribution >= 0.6 is 11.8 Å². The molecule has 0 aliphatic carbocycles. The number of carbonyl (C=O) groups excluding carboxylic acids is 1. The van der Waals surface area contributed by atoms with Gasteiger partial charge in [0.05, 0.1) is 24.7 Å². The van der Waals surface area contributed by atoms with E-state index in [1.54, 1.807) is 6.92 Å². The Labute approximate surface area is 182 Å². The van der Waals surface area contributed by atoms with Crippen LogP contribution in [0.2, 0.25) is 0 Å². The fraction of sp³-hybridized carbons (Fsp3) is 0.389. The Bertz CT molecular complexity index is 1000. The molecule has 0 saturated heterocycles. The lowest BCUT2D eigenvalue weighted by atomic mass is 9.91. The van der Waals surface area contributed by atoms with Crippen LogP contribution in [-0.4, -0.2) is 44.5 Å². The first-order valence-electron chi connectivity index (χ1n) is 9.05. The van der Waals surface area contributed by atoms with E-state index in [1.165, 1.54) is 18.3 Å². The molecule has 32 heavy (non-hydrogen) atoms. The fourth-order valence-corrected chi connectivity index (χ4v) is 4.15. The molecule has 172 valence electrons. The lowest BCUT2D eigenvalue weighted by molar-refractivity contribution is -0.141. The number of aliphatic imine (C=N–C) groups is 1. The average molecular weight is 476 g/mol. The fourth-order valence-electron chi connectivity index (χ4n) is 3.00. The van der Waals surface area contributed by atoms with Gasteiger partial charge < -0.3 is 15.8 Å². The number of rotatable bonds is 6. The highest BCUT2D eigenvalue weighted by Crippen LogP contribution is 2.39. The van der Waals surface area contributed by atoms with E-state index in [0.717, 1.165) is 18.0 Å². The Balaban J connectivity index is 1.76. The third kappa shape index (κ3) is 5.88. The Hall–Kier alpha value is -2.87. The SMILES string of the molecule is C[C@@]1(c2cc(NC(=O)c3cnc(C(F)(F)F)cn3)ccn2)C[C@@H](COC(F)F)SC(N)=N1. The van der Waals surface area contributed by atoms with E-state index in [9.17, 15) is 26.7 Å². The average Bonchev–Trinajstić information content (AvgIpc) is 2.71. The van der Waals surface area contributed by atoms with Gasteiger partial charge >= 0.3 is 12.8 Å². The molecule has 0 bridgehead atoms. The maximum atomic E-state index is 12.6. The van der Waals surface area contributed by atoms with E-state index in [4.69, 9.17) is 5.73 Å². The van der Waals surface area contributed by atoms with Gasteiger partial charge in [0, 0.05) is 17.1 Å². The summed E-state index contributed by atoms with van der Waals surface area (Å²) in [5.41, 5.74) is 4.03. The van der Waals surface area contributed by atoms with Crippen molar-refractivity contribution in [1.29, 1.82) is 0 Å². The number of thioether (sulfide) groups is 1. The van der Waals surface area contributed by atoms with Crippen molar-refractivity contribution < 1.29 is 31.5 Å². The molecule has 1 amide bonds. The highest BCUT2D eigenvalue weighted by Gasteiger charge is 2.37. The molecule has 2 atom stereocenters. The molecule has 8 nitrogen and oxygen atoms in total. The number of hydrogen-bond acceptors (Lipinski definition) is 8. The van der Waals surface area contributed by atoms with Crippen LogP contribution in [0.25, 0.3) is 0 Å². The molecule has 0 radical (unpaired) electrons.